The van der Waals surface area contributed by atoms with Gasteiger partial charge in [-0.2, -0.15) is 0 Å². The summed E-state index contributed by atoms with van der Waals surface area (Å²) in [6.07, 6.45) is 0. The third kappa shape index (κ3) is 4.03. The van der Waals surface area contributed by atoms with E-state index in [4.69, 9.17) is 4.42 Å². The van der Waals surface area contributed by atoms with Crippen LogP contribution in [-0.2, 0) is 0 Å². The molecule has 8 aromatic carbocycles. The molecule has 11 rings (SSSR count). The van der Waals surface area contributed by atoms with E-state index in [0.29, 0.717) is 0 Å². The number of anilines is 3. The van der Waals surface area contributed by atoms with Crippen molar-refractivity contribution in [1.29, 1.82) is 0 Å². The van der Waals surface area contributed by atoms with Crippen LogP contribution in [0.1, 0.15) is 0 Å². The SMILES string of the molecule is c1ccc(-n2c3ccccc3c3ccc(N(c4ccc5cc6sc7ccccc7c6cc5c4)c4cccc5oc6ccccc6c45)cc32)cc1. The molecule has 0 spiro atoms. The second-order valence-electron chi connectivity index (χ2n) is 13.0. The van der Waals surface area contributed by atoms with Crippen LogP contribution in [0.3, 0.4) is 0 Å². The fourth-order valence-electron chi connectivity index (χ4n) is 7.92. The molecule has 0 unspecified atom stereocenters. The Balaban J connectivity index is 1.21. The Bertz CT molecular complexity index is 3110. The second-order valence-corrected chi connectivity index (χ2v) is 14.0. The molecule has 0 saturated heterocycles. The molecule has 3 aromatic heterocycles. The van der Waals surface area contributed by atoms with Crippen LogP contribution < -0.4 is 4.90 Å². The third-order valence-corrected chi connectivity index (χ3v) is 11.3. The summed E-state index contributed by atoms with van der Waals surface area (Å²) in [5.41, 5.74) is 8.51. The molecule has 0 saturated carbocycles. The van der Waals surface area contributed by atoms with Crippen molar-refractivity contribution in [1.82, 2.24) is 4.57 Å². The fraction of sp³-hybridized carbons (Fsp3) is 0. The zero-order valence-electron chi connectivity index (χ0n) is 26.9. The van der Waals surface area contributed by atoms with E-state index in [1.807, 2.05) is 17.4 Å². The van der Waals surface area contributed by atoms with Crippen LogP contribution in [-0.4, -0.2) is 4.57 Å². The monoisotopic (exact) mass is 656 g/mol. The molecule has 0 radical (unpaired) electrons. The van der Waals surface area contributed by atoms with Gasteiger partial charge in [0, 0.05) is 53.4 Å². The van der Waals surface area contributed by atoms with Crippen molar-refractivity contribution in [3.8, 4) is 5.69 Å². The zero-order valence-corrected chi connectivity index (χ0v) is 27.7. The van der Waals surface area contributed by atoms with Crippen molar-refractivity contribution in [2.24, 2.45) is 0 Å². The number of furan rings is 1. The molecule has 0 bridgehead atoms. The maximum atomic E-state index is 6.42. The first-order chi connectivity index (χ1) is 24.8. The highest BCUT2D eigenvalue weighted by Gasteiger charge is 2.22. The topological polar surface area (TPSA) is 21.3 Å². The molecule has 3 nitrogen and oxygen atoms in total. The molecule has 11 aromatic rings. The quantitative estimate of drug-likeness (QED) is 0.188. The Kier molecular flexibility index (Phi) is 5.83. The van der Waals surface area contributed by atoms with Gasteiger partial charge in [-0.1, -0.05) is 91.0 Å². The van der Waals surface area contributed by atoms with Crippen molar-refractivity contribution in [2.75, 3.05) is 4.90 Å². The normalized spacial score (nSPS) is 12.0. The molecule has 234 valence electrons. The zero-order chi connectivity index (χ0) is 32.8. The number of benzene rings is 8. The number of fused-ring (bicyclic) bond motifs is 10. The summed E-state index contributed by atoms with van der Waals surface area (Å²) in [5.74, 6) is 0. The van der Waals surface area contributed by atoms with Crippen molar-refractivity contribution in [2.45, 2.75) is 0 Å². The molecule has 0 amide bonds. The minimum Gasteiger partial charge on any atom is -0.456 e. The lowest BCUT2D eigenvalue weighted by Crippen LogP contribution is -2.10. The van der Waals surface area contributed by atoms with Gasteiger partial charge in [-0.15, -0.1) is 11.3 Å². The van der Waals surface area contributed by atoms with Gasteiger partial charge in [0.05, 0.1) is 22.1 Å². The highest BCUT2D eigenvalue weighted by molar-refractivity contribution is 7.25. The molecular weight excluding hydrogens is 629 g/mol. The standard InChI is InChI=1S/C46H28N2OS/c1-2-11-31(12-3-1)48-39-16-7-4-13-34(39)35-24-23-33(28-41(35)48)47(40-17-10-19-43-46(40)37-15-5-8-18-42(37)49-43)32-22-21-29-27-45-38(26-30(29)25-32)36-14-6-9-20-44(36)50-45/h1-28H. The first kappa shape index (κ1) is 27.6. The first-order valence-corrected chi connectivity index (χ1v) is 17.7. The number of aromatic nitrogens is 1. The summed E-state index contributed by atoms with van der Waals surface area (Å²) < 4.78 is 11.4. The van der Waals surface area contributed by atoms with Gasteiger partial charge in [0.1, 0.15) is 11.2 Å². The average molecular weight is 657 g/mol. The van der Waals surface area contributed by atoms with Crippen molar-refractivity contribution < 1.29 is 4.42 Å². The fourth-order valence-corrected chi connectivity index (χ4v) is 9.05. The largest absolute Gasteiger partial charge is 0.456 e. The highest BCUT2D eigenvalue weighted by Crippen LogP contribution is 2.46. The lowest BCUT2D eigenvalue weighted by Gasteiger charge is -2.27. The van der Waals surface area contributed by atoms with Gasteiger partial charge < -0.3 is 13.9 Å². The number of thiophene rings is 1. The predicted molar refractivity (Wildman–Crippen MR) is 213 cm³/mol. The molecule has 0 aliphatic rings. The maximum absolute atomic E-state index is 6.42. The second kappa shape index (κ2) is 10.6. The van der Waals surface area contributed by atoms with Crippen LogP contribution in [0.15, 0.2) is 174 Å². The number of hydrogen-bond acceptors (Lipinski definition) is 3. The van der Waals surface area contributed by atoms with Gasteiger partial charge in [0.15, 0.2) is 0 Å². The summed E-state index contributed by atoms with van der Waals surface area (Å²) in [6, 6.07) is 61.4. The molecule has 0 aliphatic carbocycles. The molecule has 4 heteroatoms. The molecule has 0 fully saturated rings. The molecule has 50 heavy (non-hydrogen) atoms. The van der Waals surface area contributed by atoms with Gasteiger partial charge in [-0.05, 0) is 89.6 Å². The van der Waals surface area contributed by atoms with E-state index in [2.05, 4.69) is 173 Å². The Labute approximate surface area is 291 Å². The maximum Gasteiger partial charge on any atom is 0.137 e. The van der Waals surface area contributed by atoms with Gasteiger partial charge in [-0.3, -0.25) is 0 Å². The summed E-state index contributed by atoms with van der Waals surface area (Å²) >= 11 is 1.86. The Morgan fingerprint density at radius 1 is 0.440 bits per heavy atom. The third-order valence-electron chi connectivity index (χ3n) is 10.1. The van der Waals surface area contributed by atoms with Crippen LogP contribution in [0.4, 0.5) is 17.1 Å². The van der Waals surface area contributed by atoms with Crippen LogP contribution in [0.5, 0.6) is 0 Å². The van der Waals surface area contributed by atoms with Gasteiger partial charge in [0.2, 0.25) is 0 Å². The summed E-state index contributed by atoms with van der Waals surface area (Å²) in [4.78, 5) is 2.41. The number of para-hydroxylation sites is 3. The number of hydrogen-bond donors (Lipinski definition) is 0. The predicted octanol–water partition coefficient (Wildman–Crippen LogP) is 13.7. The molecule has 3 heterocycles. The highest BCUT2D eigenvalue weighted by atomic mass is 32.1. The molecule has 0 N–H and O–H groups in total. The van der Waals surface area contributed by atoms with Crippen molar-refractivity contribution in [3.63, 3.8) is 0 Å². The lowest BCUT2D eigenvalue weighted by molar-refractivity contribution is 0.669. The van der Waals surface area contributed by atoms with Crippen LogP contribution in [0.25, 0.3) is 80.4 Å². The van der Waals surface area contributed by atoms with Crippen molar-refractivity contribution >= 4 is 103 Å². The van der Waals surface area contributed by atoms with Gasteiger partial charge in [0.25, 0.3) is 0 Å². The van der Waals surface area contributed by atoms with Crippen LogP contribution in [0, 0.1) is 0 Å². The summed E-state index contributed by atoms with van der Waals surface area (Å²) in [6.45, 7) is 0. The van der Waals surface area contributed by atoms with Crippen LogP contribution >= 0.6 is 11.3 Å². The minimum absolute atomic E-state index is 0.875. The van der Waals surface area contributed by atoms with E-state index in [-0.39, 0.29) is 0 Å². The average Bonchev–Trinajstić information content (AvgIpc) is 3.84. The van der Waals surface area contributed by atoms with E-state index in [1.165, 1.54) is 47.2 Å². The van der Waals surface area contributed by atoms with E-state index in [1.54, 1.807) is 0 Å². The molecular formula is C46H28N2OS. The van der Waals surface area contributed by atoms with E-state index in [9.17, 15) is 0 Å². The number of nitrogens with zero attached hydrogens (tertiary/aromatic N) is 2. The summed E-state index contributed by atoms with van der Waals surface area (Å²) in [5, 5.41) is 9.74. The molecule has 0 atom stereocenters. The Morgan fingerprint density at radius 3 is 2.08 bits per heavy atom. The smallest absolute Gasteiger partial charge is 0.137 e. The summed E-state index contributed by atoms with van der Waals surface area (Å²) in [7, 11) is 0. The first-order valence-electron chi connectivity index (χ1n) is 16.9. The van der Waals surface area contributed by atoms with E-state index in [0.717, 1.165) is 50.2 Å². The van der Waals surface area contributed by atoms with Gasteiger partial charge >= 0.3 is 0 Å². The lowest BCUT2D eigenvalue weighted by atomic mass is 10.0. The van der Waals surface area contributed by atoms with Crippen molar-refractivity contribution in [3.05, 3.63) is 170 Å². The van der Waals surface area contributed by atoms with E-state index >= 15 is 0 Å². The number of rotatable bonds is 4. The van der Waals surface area contributed by atoms with Crippen LogP contribution in [0.2, 0.25) is 0 Å². The van der Waals surface area contributed by atoms with E-state index < -0.39 is 0 Å². The van der Waals surface area contributed by atoms with Gasteiger partial charge in [-0.25, -0.2) is 0 Å². The Hall–Kier alpha value is -6.36. The minimum atomic E-state index is 0.875. The Morgan fingerprint density at radius 2 is 1.16 bits per heavy atom. The molecule has 0 aliphatic heterocycles.